The van der Waals surface area contributed by atoms with Crippen LogP contribution >= 0.6 is 11.8 Å². The predicted molar refractivity (Wildman–Crippen MR) is 120 cm³/mol. The summed E-state index contributed by atoms with van der Waals surface area (Å²) in [5, 5.41) is 14.5. The van der Waals surface area contributed by atoms with Crippen LogP contribution in [0.2, 0.25) is 0 Å². The lowest BCUT2D eigenvalue weighted by atomic mass is 10.2. The average Bonchev–Trinajstić information content (AvgIpc) is 2.78. The topological polar surface area (TPSA) is 105 Å². The lowest BCUT2D eigenvalue weighted by Crippen LogP contribution is -2.14. The first-order valence-electron chi connectivity index (χ1n) is 9.26. The van der Waals surface area contributed by atoms with Crippen molar-refractivity contribution in [2.75, 3.05) is 23.5 Å². The monoisotopic (exact) mass is 436 g/mol. The van der Waals surface area contributed by atoms with Crippen molar-refractivity contribution in [2.45, 2.75) is 4.90 Å². The van der Waals surface area contributed by atoms with E-state index in [4.69, 9.17) is 9.84 Å². The number of carboxylic acid groups (broad SMARTS) is 1. The predicted octanol–water partition coefficient (Wildman–Crippen LogP) is 4.38. The molecule has 3 rings (SSSR count). The van der Waals surface area contributed by atoms with Crippen LogP contribution in [0.1, 0.15) is 20.7 Å². The first kappa shape index (κ1) is 21.9. The minimum Gasteiger partial charge on any atom is -0.497 e. The second kappa shape index (κ2) is 10.3. The van der Waals surface area contributed by atoms with E-state index in [0.29, 0.717) is 22.7 Å². The molecule has 0 radical (unpaired) electrons. The highest BCUT2D eigenvalue weighted by molar-refractivity contribution is 8.00. The van der Waals surface area contributed by atoms with Gasteiger partial charge in [0.1, 0.15) is 5.75 Å². The van der Waals surface area contributed by atoms with Gasteiger partial charge in [0.25, 0.3) is 5.91 Å². The molecular weight excluding hydrogens is 416 g/mol. The zero-order valence-electron chi connectivity index (χ0n) is 16.6. The van der Waals surface area contributed by atoms with Crippen molar-refractivity contribution in [3.63, 3.8) is 0 Å². The maximum atomic E-state index is 12.4. The van der Waals surface area contributed by atoms with Crippen LogP contribution in [0.5, 0.6) is 5.75 Å². The number of aromatic carboxylic acids is 1. The van der Waals surface area contributed by atoms with Crippen molar-refractivity contribution in [3.05, 3.63) is 83.9 Å². The first-order valence-corrected chi connectivity index (χ1v) is 10.2. The molecule has 0 aliphatic heterocycles. The Morgan fingerprint density at radius 3 is 2.29 bits per heavy atom. The summed E-state index contributed by atoms with van der Waals surface area (Å²) in [5.74, 6) is -0.783. The molecule has 8 heteroatoms. The number of amides is 2. The zero-order chi connectivity index (χ0) is 22.2. The van der Waals surface area contributed by atoms with Gasteiger partial charge in [-0.25, -0.2) is 4.79 Å². The van der Waals surface area contributed by atoms with Gasteiger partial charge in [0.05, 0.1) is 18.4 Å². The molecule has 0 heterocycles. The van der Waals surface area contributed by atoms with Crippen molar-refractivity contribution in [3.8, 4) is 5.75 Å². The Kier molecular flexibility index (Phi) is 7.29. The van der Waals surface area contributed by atoms with Crippen LogP contribution < -0.4 is 15.4 Å². The van der Waals surface area contributed by atoms with Crippen molar-refractivity contribution in [1.82, 2.24) is 0 Å². The van der Waals surface area contributed by atoms with E-state index in [0.717, 1.165) is 4.90 Å². The molecule has 0 spiro atoms. The Bertz CT molecular complexity index is 1100. The quantitative estimate of drug-likeness (QED) is 0.453. The van der Waals surface area contributed by atoms with Gasteiger partial charge in [-0.3, -0.25) is 9.59 Å². The van der Waals surface area contributed by atoms with E-state index in [-0.39, 0.29) is 23.1 Å². The fourth-order valence-corrected chi connectivity index (χ4v) is 3.38. The van der Waals surface area contributed by atoms with Gasteiger partial charge in [-0.1, -0.05) is 12.1 Å². The molecule has 0 aliphatic rings. The van der Waals surface area contributed by atoms with Gasteiger partial charge in [0.15, 0.2) is 0 Å². The number of thioether (sulfide) groups is 1. The maximum Gasteiger partial charge on any atom is 0.335 e. The Morgan fingerprint density at radius 1 is 0.871 bits per heavy atom. The summed E-state index contributed by atoms with van der Waals surface area (Å²) >= 11 is 1.33. The molecule has 0 fully saturated rings. The molecule has 0 saturated heterocycles. The number of benzene rings is 3. The molecule has 0 atom stereocenters. The summed E-state index contributed by atoms with van der Waals surface area (Å²) in [5.41, 5.74) is 1.66. The summed E-state index contributed by atoms with van der Waals surface area (Å²) in [7, 11) is 1.54. The van der Waals surface area contributed by atoms with Gasteiger partial charge in [-0.2, -0.15) is 0 Å². The number of ether oxygens (including phenoxy) is 1. The van der Waals surface area contributed by atoms with Crippen LogP contribution in [0.4, 0.5) is 11.4 Å². The number of nitrogens with one attached hydrogen (secondary N) is 2. The fourth-order valence-electron chi connectivity index (χ4n) is 2.68. The summed E-state index contributed by atoms with van der Waals surface area (Å²) in [6.45, 7) is 0. The molecule has 158 valence electrons. The minimum atomic E-state index is -1.05. The number of methoxy groups -OCH3 is 1. The van der Waals surface area contributed by atoms with Crippen LogP contribution in [0.3, 0.4) is 0 Å². The van der Waals surface area contributed by atoms with Crippen LogP contribution in [0.25, 0.3) is 0 Å². The second-order valence-electron chi connectivity index (χ2n) is 6.43. The summed E-state index contributed by atoms with van der Waals surface area (Å²) in [4.78, 5) is 36.4. The average molecular weight is 436 g/mol. The second-order valence-corrected chi connectivity index (χ2v) is 7.48. The van der Waals surface area contributed by atoms with Gasteiger partial charge in [-0.05, 0) is 60.7 Å². The number of carboxylic acids is 1. The highest BCUT2D eigenvalue weighted by atomic mass is 32.2. The molecule has 7 nitrogen and oxygen atoms in total. The van der Waals surface area contributed by atoms with E-state index >= 15 is 0 Å². The Balaban J connectivity index is 1.52. The first-order chi connectivity index (χ1) is 14.9. The van der Waals surface area contributed by atoms with Crippen molar-refractivity contribution in [2.24, 2.45) is 0 Å². The van der Waals surface area contributed by atoms with Gasteiger partial charge in [0.2, 0.25) is 5.91 Å². The molecule has 3 aromatic carbocycles. The normalized spacial score (nSPS) is 10.2. The summed E-state index contributed by atoms with van der Waals surface area (Å²) < 4.78 is 5.13. The third kappa shape index (κ3) is 6.35. The molecule has 0 bridgehead atoms. The van der Waals surface area contributed by atoms with E-state index in [9.17, 15) is 14.4 Å². The fraction of sp³-hybridized carbons (Fsp3) is 0.0870. The lowest BCUT2D eigenvalue weighted by molar-refractivity contribution is -0.113. The van der Waals surface area contributed by atoms with Crippen LogP contribution in [0.15, 0.2) is 77.7 Å². The largest absolute Gasteiger partial charge is 0.497 e. The molecule has 0 aliphatic carbocycles. The Labute approximate surface area is 183 Å². The third-order valence-corrected chi connectivity index (χ3v) is 5.22. The van der Waals surface area contributed by atoms with Crippen molar-refractivity contribution < 1.29 is 24.2 Å². The van der Waals surface area contributed by atoms with Gasteiger partial charge < -0.3 is 20.5 Å². The number of hydrogen-bond donors (Lipinski definition) is 3. The van der Waals surface area contributed by atoms with E-state index in [1.165, 1.54) is 23.9 Å². The Hall–Kier alpha value is -3.78. The van der Waals surface area contributed by atoms with Gasteiger partial charge in [0, 0.05) is 21.8 Å². The standard InChI is InChI=1S/C23H20N2O5S/c1-30-19-7-3-4-15(13-19)22(27)25-17-8-10-20(11-9-17)31-14-21(26)24-18-6-2-5-16(12-18)23(28)29/h2-13H,14H2,1H3,(H,24,26)(H,25,27)(H,28,29). The lowest BCUT2D eigenvalue weighted by Gasteiger charge is -2.08. The van der Waals surface area contributed by atoms with Crippen molar-refractivity contribution in [1.29, 1.82) is 0 Å². The van der Waals surface area contributed by atoms with E-state index in [1.807, 2.05) is 12.1 Å². The Morgan fingerprint density at radius 2 is 1.58 bits per heavy atom. The molecule has 2 amide bonds. The van der Waals surface area contributed by atoms with Crippen LogP contribution in [-0.4, -0.2) is 35.8 Å². The SMILES string of the molecule is COc1cccc(C(=O)Nc2ccc(SCC(=O)Nc3cccc(C(=O)O)c3)cc2)c1. The van der Waals surface area contributed by atoms with Crippen molar-refractivity contribution >= 4 is 40.9 Å². The molecule has 31 heavy (non-hydrogen) atoms. The van der Waals surface area contributed by atoms with Crippen LogP contribution in [-0.2, 0) is 4.79 Å². The smallest absolute Gasteiger partial charge is 0.335 e. The summed E-state index contributed by atoms with van der Waals surface area (Å²) in [6, 6.07) is 20.1. The van der Waals surface area contributed by atoms with Gasteiger partial charge in [-0.15, -0.1) is 11.8 Å². The zero-order valence-corrected chi connectivity index (χ0v) is 17.4. The number of anilines is 2. The van der Waals surface area contributed by atoms with Crippen LogP contribution in [0, 0.1) is 0 Å². The number of carbonyl (C=O) groups is 3. The highest BCUT2D eigenvalue weighted by Crippen LogP contribution is 2.22. The minimum absolute atomic E-state index is 0.108. The molecule has 3 aromatic rings. The number of hydrogen-bond acceptors (Lipinski definition) is 5. The van der Waals surface area contributed by atoms with E-state index < -0.39 is 5.97 Å². The number of rotatable bonds is 8. The molecular formula is C23H20N2O5S. The molecule has 3 N–H and O–H groups in total. The number of carbonyl (C=O) groups excluding carboxylic acids is 2. The molecule has 0 aromatic heterocycles. The third-order valence-electron chi connectivity index (χ3n) is 4.21. The molecule has 0 saturated carbocycles. The van der Waals surface area contributed by atoms with E-state index in [2.05, 4.69) is 10.6 Å². The van der Waals surface area contributed by atoms with Gasteiger partial charge >= 0.3 is 5.97 Å². The summed E-state index contributed by atoms with van der Waals surface area (Å²) in [6.07, 6.45) is 0. The van der Waals surface area contributed by atoms with E-state index in [1.54, 1.807) is 55.6 Å². The molecule has 0 unspecified atom stereocenters. The highest BCUT2D eigenvalue weighted by Gasteiger charge is 2.09. The maximum absolute atomic E-state index is 12.4.